The molecule has 0 aliphatic carbocycles. The number of halogens is 1. The number of hydrogen-bond donors (Lipinski definition) is 0. The topological polar surface area (TPSA) is 45.2 Å². The average molecular weight is 341 g/mol. The number of nitrogens with zero attached hydrogens (tertiary/aromatic N) is 5. The van der Waals surface area contributed by atoms with Crippen LogP contribution < -0.4 is 9.80 Å². The van der Waals surface area contributed by atoms with E-state index in [1.165, 1.54) is 17.0 Å². The predicted octanol–water partition coefficient (Wildman–Crippen LogP) is 2.80. The molecule has 5 heterocycles. The quantitative estimate of drug-likeness (QED) is 0.717. The molecule has 0 amide bonds. The summed E-state index contributed by atoms with van der Waals surface area (Å²) in [5.41, 5.74) is 0.978. The van der Waals surface area contributed by atoms with Gasteiger partial charge in [0.2, 0.25) is 0 Å². The van der Waals surface area contributed by atoms with Crippen molar-refractivity contribution in [3.63, 3.8) is 0 Å². The molecule has 0 saturated carbocycles. The minimum atomic E-state index is -0.283. The van der Waals surface area contributed by atoms with E-state index in [0.29, 0.717) is 11.8 Å². The lowest BCUT2D eigenvalue weighted by atomic mass is 10.0. The van der Waals surface area contributed by atoms with Gasteiger partial charge in [0.05, 0.1) is 17.1 Å². The molecule has 3 aromatic rings. The van der Waals surface area contributed by atoms with E-state index in [0.717, 1.165) is 42.6 Å². The Kier molecular flexibility index (Phi) is 3.16. The Balaban J connectivity index is 1.32. The summed E-state index contributed by atoms with van der Waals surface area (Å²) in [4.78, 5) is 17.8. The Morgan fingerprint density at radius 2 is 1.79 bits per heavy atom. The Labute approximate surface area is 142 Å². The number of hydrogen-bond acceptors (Lipinski definition) is 6. The third kappa shape index (κ3) is 2.31. The van der Waals surface area contributed by atoms with Crippen LogP contribution in [0.4, 0.5) is 15.3 Å². The number of thiazole rings is 1. The molecule has 2 saturated heterocycles. The third-order valence-corrected chi connectivity index (χ3v) is 6.07. The maximum Gasteiger partial charge on any atom is 0.186 e. The molecule has 0 bridgehead atoms. The first-order chi connectivity index (χ1) is 11.8. The largest absolute Gasteiger partial charge is 0.356 e. The van der Waals surface area contributed by atoms with E-state index in [-0.39, 0.29) is 5.82 Å². The standard InChI is InChI=1S/C17H16FN5S/c18-13-1-2-16(20-5-13)22-7-11-9-23(10-12(11)8-22)17-21-14-6-19-4-3-15(14)24-17/h1-6,11-12H,7-10H2. The summed E-state index contributed by atoms with van der Waals surface area (Å²) >= 11 is 1.74. The number of aromatic nitrogens is 3. The fourth-order valence-corrected chi connectivity index (χ4v) is 4.75. The van der Waals surface area contributed by atoms with Gasteiger partial charge in [-0.25, -0.2) is 14.4 Å². The lowest BCUT2D eigenvalue weighted by Gasteiger charge is -2.21. The van der Waals surface area contributed by atoms with Crippen molar-refractivity contribution in [3.05, 3.63) is 42.6 Å². The van der Waals surface area contributed by atoms with Gasteiger partial charge in [0, 0.05) is 44.2 Å². The smallest absolute Gasteiger partial charge is 0.186 e. The van der Waals surface area contributed by atoms with E-state index < -0.39 is 0 Å². The minimum Gasteiger partial charge on any atom is -0.356 e. The number of anilines is 2. The second-order valence-electron chi connectivity index (χ2n) is 6.50. The molecule has 2 unspecified atom stereocenters. The van der Waals surface area contributed by atoms with Crippen molar-refractivity contribution >= 4 is 32.5 Å². The molecule has 0 aromatic carbocycles. The van der Waals surface area contributed by atoms with Gasteiger partial charge in [-0.05, 0) is 18.2 Å². The zero-order valence-electron chi connectivity index (χ0n) is 13.0. The van der Waals surface area contributed by atoms with Crippen LogP contribution >= 0.6 is 11.3 Å². The average Bonchev–Trinajstić information content (AvgIpc) is 3.27. The fraction of sp³-hybridized carbons (Fsp3) is 0.353. The Morgan fingerprint density at radius 1 is 1.00 bits per heavy atom. The van der Waals surface area contributed by atoms with Crippen molar-refractivity contribution in [2.24, 2.45) is 11.8 Å². The second-order valence-corrected chi connectivity index (χ2v) is 7.51. The zero-order chi connectivity index (χ0) is 16.1. The normalized spacial score (nSPS) is 23.2. The molecular formula is C17H16FN5S. The lowest BCUT2D eigenvalue weighted by Crippen LogP contribution is -2.29. The number of rotatable bonds is 2. The summed E-state index contributed by atoms with van der Waals surface area (Å²) in [6.07, 6.45) is 4.94. The van der Waals surface area contributed by atoms with Crippen LogP contribution in [-0.4, -0.2) is 41.1 Å². The Morgan fingerprint density at radius 3 is 2.50 bits per heavy atom. The molecular weight excluding hydrogens is 325 g/mol. The van der Waals surface area contributed by atoms with E-state index in [1.54, 1.807) is 17.4 Å². The molecule has 24 heavy (non-hydrogen) atoms. The van der Waals surface area contributed by atoms with Gasteiger partial charge in [-0.2, -0.15) is 0 Å². The van der Waals surface area contributed by atoms with Crippen LogP contribution in [0, 0.1) is 17.7 Å². The van der Waals surface area contributed by atoms with E-state index in [9.17, 15) is 4.39 Å². The molecule has 2 fully saturated rings. The summed E-state index contributed by atoms with van der Waals surface area (Å²) < 4.78 is 14.2. The molecule has 122 valence electrons. The van der Waals surface area contributed by atoms with E-state index in [1.807, 2.05) is 18.5 Å². The van der Waals surface area contributed by atoms with Crippen LogP contribution in [0.3, 0.4) is 0 Å². The van der Waals surface area contributed by atoms with Crippen LogP contribution in [-0.2, 0) is 0 Å². The van der Waals surface area contributed by atoms with Gasteiger partial charge >= 0.3 is 0 Å². The number of fused-ring (bicyclic) bond motifs is 2. The molecule has 0 N–H and O–H groups in total. The van der Waals surface area contributed by atoms with Crippen LogP contribution in [0.2, 0.25) is 0 Å². The summed E-state index contributed by atoms with van der Waals surface area (Å²) in [6, 6.07) is 5.28. The van der Waals surface area contributed by atoms with Crippen LogP contribution in [0.15, 0.2) is 36.8 Å². The summed E-state index contributed by atoms with van der Waals surface area (Å²) in [7, 11) is 0. The van der Waals surface area contributed by atoms with Crippen molar-refractivity contribution in [3.8, 4) is 0 Å². The first-order valence-electron chi connectivity index (χ1n) is 8.08. The molecule has 5 rings (SSSR count). The highest BCUT2D eigenvalue weighted by Crippen LogP contribution is 2.38. The van der Waals surface area contributed by atoms with Gasteiger partial charge in [-0.15, -0.1) is 0 Å². The Bertz CT molecular complexity index is 833. The lowest BCUT2D eigenvalue weighted by molar-refractivity contribution is 0.533. The van der Waals surface area contributed by atoms with Crippen molar-refractivity contribution < 1.29 is 4.39 Å². The van der Waals surface area contributed by atoms with Gasteiger partial charge in [0.1, 0.15) is 17.2 Å². The molecule has 5 nitrogen and oxygen atoms in total. The molecule has 3 aromatic heterocycles. The van der Waals surface area contributed by atoms with Crippen LogP contribution in [0.1, 0.15) is 0 Å². The summed E-state index contributed by atoms with van der Waals surface area (Å²) in [5, 5.41) is 1.10. The zero-order valence-corrected chi connectivity index (χ0v) is 13.8. The third-order valence-electron chi connectivity index (χ3n) is 4.97. The van der Waals surface area contributed by atoms with Crippen molar-refractivity contribution in [1.82, 2.24) is 15.0 Å². The molecule has 0 radical (unpaired) electrons. The van der Waals surface area contributed by atoms with Gasteiger partial charge in [-0.1, -0.05) is 11.3 Å². The van der Waals surface area contributed by atoms with Crippen LogP contribution in [0.25, 0.3) is 10.2 Å². The maximum absolute atomic E-state index is 13.0. The van der Waals surface area contributed by atoms with E-state index in [2.05, 4.69) is 19.8 Å². The molecule has 2 atom stereocenters. The molecule has 0 spiro atoms. The van der Waals surface area contributed by atoms with E-state index >= 15 is 0 Å². The van der Waals surface area contributed by atoms with Crippen molar-refractivity contribution in [2.45, 2.75) is 0 Å². The minimum absolute atomic E-state index is 0.283. The van der Waals surface area contributed by atoms with Gasteiger partial charge in [-0.3, -0.25) is 4.98 Å². The van der Waals surface area contributed by atoms with Gasteiger partial charge in [0.15, 0.2) is 5.13 Å². The van der Waals surface area contributed by atoms with Crippen molar-refractivity contribution in [2.75, 3.05) is 36.0 Å². The van der Waals surface area contributed by atoms with E-state index in [4.69, 9.17) is 4.98 Å². The van der Waals surface area contributed by atoms with Crippen molar-refractivity contribution in [1.29, 1.82) is 0 Å². The predicted molar refractivity (Wildman–Crippen MR) is 93.0 cm³/mol. The SMILES string of the molecule is Fc1ccc(N2CC3CN(c4nc5cnccc5s4)CC3C2)nc1. The second kappa shape index (κ2) is 5.37. The van der Waals surface area contributed by atoms with Crippen LogP contribution in [0.5, 0.6) is 0 Å². The highest BCUT2D eigenvalue weighted by molar-refractivity contribution is 7.22. The highest BCUT2D eigenvalue weighted by atomic mass is 32.1. The summed E-state index contributed by atoms with van der Waals surface area (Å²) in [5.74, 6) is 1.82. The molecule has 2 aliphatic heterocycles. The summed E-state index contributed by atoms with van der Waals surface area (Å²) in [6.45, 7) is 4.00. The Hall–Kier alpha value is -2.28. The fourth-order valence-electron chi connectivity index (χ4n) is 3.79. The van der Waals surface area contributed by atoms with Gasteiger partial charge in [0.25, 0.3) is 0 Å². The maximum atomic E-state index is 13.0. The highest BCUT2D eigenvalue weighted by Gasteiger charge is 2.41. The molecule has 7 heteroatoms. The first-order valence-corrected chi connectivity index (χ1v) is 8.90. The first kappa shape index (κ1) is 14.1. The molecule has 2 aliphatic rings. The van der Waals surface area contributed by atoms with Gasteiger partial charge < -0.3 is 9.80 Å². The number of pyridine rings is 2. The monoisotopic (exact) mass is 341 g/mol.